The third-order valence-electron chi connectivity index (χ3n) is 2.72. The van der Waals surface area contributed by atoms with E-state index in [1.54, 1.807) is 0 Å². The van der Waals surface area contributed by atoms with Gasteiger partial charge in [0.25, 0.3) is 15.7 Å². The van der Waals surface area contributed by atoms with Gasteiger partial charge in [0.2, 0.25) is 0 Å². The molecule has 0 aliphatic heterocycles. The van der Waals surface area contributed by atoms with Crippen molar-refractivity contribution < 1.29 is 17.7 Å². The monoisotopic (exact) mass is 345 g/mol. The number of hydrogen-bond donors (Lipinski definition) is 1. The lowest BCUT2D eigenvalue weighted by Crippen LogP contribution is -2.15. The van der Waals surface area contributed by atoms with Crippen LogP contribution in [0, 0.1) is 22.9 Å². The summed E-state index contributed by atoms with van der Waals surface area (Å²) in [6.07, 6.45) is 1.14. The predicted molar refractivity (Wildman–Crippen MR) is 77.8 cm³/mol. The summed E-state index contributed by atoms with van der Waals surface area (Å²) in [6.45, 7) is 1.31. The Kier molecular flexibility index (Phi) is 4.29. The number of nitrogens with one attached hydrogen (secondary N) is 1. The van der Waals surface area contributed by atoms with Crippen molar-refractivity contribution in [1.29, 1.82) is 0 Å². The lowest BCUT2D eigenvalue weighted by atomic mass is 10.2. The van der Waals surface area contributed by atoms with Gasteiger partial charge in [-0.2, -0.15) is 0 Å². The van der Waals surface area contributed by atoms with E-state index in [1.165, 1.54) is 19.1 Å². The first kappa shape index (κ1) is 16.1. The number of sulfonamides is 1. The minimum Gasteiger partial charge on any atom is -0.278 e. The largest absolute Gasteiger partial charge is 0.278 e. The number of nitrogens with zero attached hydrogens (tertiary/aromatic N) is 2. The third-order valence-corrected chi connectivity index (χ3v) is 4.34. The minimum absolute atomic E-state index is 0.0228. The fourth-order valence-corrected chi connectivity index (χ4v) is 2.93. The molecule has 0 saturated carbocycles. The number of anilines is 1. The molecule has 0 aliphatic rings. The molecule has 0 unspecified atom stereocenters. The van der Waals surface area contributed by atoms with Gasteiger partial charge in [-0.3, -0.25) is 14.8 Å². The van der Waals surface area contributed by atoms with Gasteiger partial charge in [-0.25, -0.2) is 17.8 Å². The molecule has 0 aliphatic carbocycles. The molecule has 10 heteroatoms. The van der Waals surface area contributed by atoms with E-state index < -0.39 is 31.3 Å². The normalized spacial score (nSPS) is 11.2. The molecule has 2 aromatic rings. The number of hydrogen-bond acceptors (Lipinski definition) is 5. The molecule has 0 radical (unpaired) electrons. The van der Waals surface area contributed by atoms with Crippen molar-refractivity contribution in [3.63, 3.8) is 0 Å². The molecule has 116 valence electrons. The lowest BCUT2D eigenvalue weighted by molar-refractivity contribution is -0.385. The van der Waals surface area contributed by atoms with Crippen LogP contribution >= 0.6 is 11.6 Å². The highest BCUT2D eigenvalue weighted by atomic mass is 35.5. The highest BCUT2D eigenvalue weighted by molar-refractivity contribution is 7.92. The maximum absolute atomic E-state index is 13.9. The van der Waals surface area contributed by atoms with Crippen molar-refractivity contribution in [3.05, 3.63) is 57.1 Å². The molecule has 7 nitrogen and oxygen atoms in total. The van der Waals surface area contributed by atoms with Crippen LogP contribution in [0.2, 0.25) is 5.15 Å². The van der Waals surface area contributed by atoms with Crippen molar-refractivity contribution in [2.75, 3.05) is 4.72 Å². The zero-order chi connectivity index (χ0) is 16.5. The first-order valence-corrected chi connectivity index (χ1v) is 7.66. The molecule has 0 fully saturated rings. The molecule has 0 amide bonds. The van der Waals surface area contributed by atoms with Gasteiger partial charge in [0.05, 0.1) is 16.8 Å². The molecule has 0 spiro atoms. The number of nitro benzene ring substituents is 1. The Morgan fingerprint density at radius 3 is 2.59 bits per heavy atom. The summed E-state index contributed by atoms with van der Waals surface area (Å²) in [5, 5.41) is 11.0. The number of nitro groups is 1. The summed E-state index contributed by atoms with van der Waals surface area (Å²) in [5.41, 5.74) is -0.419. The molecule has 1 aromatic heterocycles. The SMILES string of the molecule is Cc1cc(F)c(S(=O)(=O)Nc2ccc(Cl)nc2)cc1[N+](=O)[O-]. The molecule has 0 atom stereocenters. The van der Waals surface area contributed by atoms with Crippen molar-refractivity contribution in [2.24, 2.45) is 0 Å². The van der Waals surface area contributed by atoms with E-state index in [-0.39, 0.29) is 16.4 Å². The summed E-state index contributed by atoms with van der Waals surface area (Å²) in [7, 11) is -4.34. The zero-order valence-corrected chi connectivity index (χ0v) is 12.7. The van der Waals surface area contributed by atoms with Gasteiger partial charge in [0.15, 0.2) is 0 Å². The van der Waals surface area contributed by atoms with Crippen LogP contribution < -0.4 is 4.72 Å². The molecular formula is C12H9ClFN3O4S. The van der Waals surface area contributed by atoms with Gasteiger partial charge in [-0.05, 0) is 25.1 Å². The summed E-state index contributed by atoms with van der Waals surface area (Å²) in [5.74, 6) is -1.09. The van der Waals surface area contributed by atoms with Crippen molar-refractivity contribution >= 4 is 33.0 Å². The molecule has 22 heavy (non-hydrogen) atoms. The van der Waals surface area contributed by atoms with E-state index in [0.717, 1.165) is 12.3 Å². The number of aromatic nitrogens is 1. The average Bonchev–Trinajstić information content (AvgIpc) is 2.40. The number of halogens is 2. The van der Waals surface area contributed by atoms with Gasteiger partial charge in [0, 0.05) is 11.6 Å². The van der Waals surface area contributed by atoms with Crippen LogP contribution in [-0.2, 0) is 10.0 Å². The summed E-state index contributed by atoms with van der Waals surface area (Å²) < 4.78 is 40.3. The topological polar surface area (TPSA) is 102 Å². The number of rotatable bonds is 4. The molecule has 0 bridgehead atoms. The number of pyridine rings is 1. The smallest absolute Gasteiger partial charge is 0.273 e. The Morgan fingerprint density at radius 2 is 2.05 bits per heavy atom. The van der Waals surface area contributed by atoms with Crippen LogP contribution in [0.15, 0.2) is 35.4 Å². The molecular weight excluding hydrogens is 337 g/mol. The predicted octanol–water partition coefficient (Wildman–Crippen LogP) is 2.89. The Balaban J connectivity index is 2.47. The molecule has 1 N–H and O–H groups in total. The molecule has 2 rings (SSSR count). The fourth-order valence-electron chi connectivity index (χ4n) is 1.69. The van der Waals surface area contributed by atoms with Crippen LogP contribution in [0.5, 0.6) is 0 Å². The van der Waals surface area contributed by atoms with E-state index in [2.05, 4.69) is 9.71 Å². The van der Waals surface area contributed by atoms with E-state index in [0.29, 0.717) is 6.07 Å². The number of benzene rings is 1. The van der Waals surface area contributed by atoms with Crippen molar-refractivity contribution in [1.82, 2.24) is 4.98 Å². The van der Waals surface area contributed by atoms with Crippen molar-refractivity contribution in [2.45, 2.75) is 11.8 Å². The van der Waals surface area contributed by atoms with Crippen LogP contribution in [0.1, 0.15) is 5.56 Å². The summed E-state index contributed by atoms with van der Waals surface area (Å²) in [4.78, 5) is 12.9. The van der Waals surface area contributed by atoms with E-state index in [9.17, 15) is 22.9 Å². The minimum atomic E-state index is -4.34. The quantitative estimate of drug-likeness (QED) is 0.521. The van der Waals surface area contributed by atoms with E-state index in [1.807, 2.05) is 0 Å². The summed E-state index contributed by atoms with van der Waals surface area (Å²) in [6, 6.07) is 4.14. The van der Waals surface area contributed by atoms with Crippen molar-refractivity contribution in [3.8, 4) is 0 Å². The van der Waals surface area contributed by atoms with E-state index >= 15 is 0 Å². The van der Waals surface area contributed by atoms with Gasteiger partial charge in [-0.1, -0.05) is 11.6 Å². The van der Waals surface area contributed by atoms with Crippen LogP contribution in [0.4, 0.5) is 15.8 Å². The fraction of sp³-hybridized carbons (Fsp3) is 0.0833. The van der Waals surface area contributed by atoms with Crippen LogP contribution in [0.25, 0.3) is 0 Å². The van der Waals surface area contributed by atoms with Gasteiger partial charge in [-0.15, -0.1) is 0 Å². The van der Waals surface area contributed by atoms with Gasteiger partial charge in [0.1, 0.15) is 15.9 Å². The first-order chi connectivity index (χ1) is 10.2. The Bertz CT molecular complexity index is 840. The zero-order valence-electron chi connectivity index (χ0n) is 11.1. The lowest BCUT2D eigenvalue weighted by Gasteiger charge is -2.09. The Morgan fingerprint density at radius 1 is 1.36 bits per heavy atom. The Hall–Kier alpha value is -2.26. The van der Waals surface area contributed by atoms with E-state index in [4.69, 9.17) is 11.6 Å². The molecule has 0 saturated heterocycles. The highest BCUT2D eigenvalue weighted by Gasteiger charge is 2.25. The average molecular weight is 346 g/mol. The van der Waals surface area contributed by atoms with Crippen LogP contribution in [-0.4, -0.2) is 18.3 Å². The standard InChI is InChI=1S/C12H9ClFN3O4S/c1-7-4-9(14)11(5-10(7)17(18)19)22(20,21)16-8-2-3-12(13)15-6-8/h2-6,16H,1H3. The maximum Gasteiger partial charge on any atom is 0.273 e. The van der Waals surface area contributed by atoms with Gasteiger partial charge < -0.3 is 0 Å². The molecule has 1 aromatic carbocycles. The second kappa shape index (κ2) is 5.85. The molecule has 1 heterocycles. The second-order valence-corrected chi connectivity index (χ2v) is 6.34. The first-order valence-electron chi connectivity index (χ1n) is 5.79. The second-order valence-electron chi connectivity index (χ2n) is 4.30. The Labute approximate surface area is 130 Å². The third kappa shape index (κ3) is 3.31. The summed E-state index contributed by atoms with van der Waals surface area (Å²) >= 11 is 5.57. The van der Waals surface area contributed by atoms with Gasteiger partial charge >= 0.3 is 0 Å². The van der Waals surface area contributed by atoms with Crippen LogP contribution in [0.3, 0.4) is 0 Å². The number of aryl methyl sites for hydroxylation is 1. The maximum atomic E-state index is 13.9. The highest BCUT2D eigenvalue weighted by Crippen LogP contribution is 2.26.